The Balaban J connectivity index is 2.22. The first-order valence-corrected chi connectivity index (χ1v) is 8.85. The Morgan fingerprint density at radius 2 is 2.33 bits per heavy atom. The van der Waals surface area contributed by atoms with Gasteiger partial charge >= 0.3 is 0 Å². The van der Waals surface area contributed by atoms with Crippen LogP contribution in [0.5, 0.6) is 0 Å². The molecule has 1 fully saturated rings. The summed E-state index contributed by atoms with van der Waals surface area (Å²) in [5.74, 6) is 0.492. The maximum atomic E-state index is 11.6. The largest absolute Gasteiger partial charge is 0.329 e. The molecule has 1 aromatic rings. The molecule has 2 N–H and O–H groups in total. The molecule has 0 bridgehead atoms. The minimum Gasteiger partial charge on any atom is -0.329 e. The van der Waals surface area contributed by atoms with Crippen LogP contribution < -0.4 is 5.73 Å². The first-order chi connectivity index (χ1) is 8.44. The molecule has 2 unspecified atom stereocenters. The highest BCUT2D eigenvalue weighted by Crippen LogP contribution is 2.31. The van der Waals surface area contributed by atoms with Crippen LogP contribution in [0.15, 0.2) is 11.4 Å². The van der Waals surface area contributed by atoms with Crippen molar-refractivity contribution in [2.75, 3.05) is 24.6 Å². The molecule has 0 aliphatic carbocycles. The van der Waals surface area contributed by atoms with E-state index in [0.29, 0.717) is 13.1 Å². The number of nitrogens with two attached hydrogens (primary N) is 1. The van der Waals surface area contributed by atoms with Crippen molar-refractivity contribution in [1.29, 1.82) is 0 Å². The second-order valence-corrected chi connectivity index (χ2v) is 8.10. The lowest BCUT2D eigenvalue weighted by molar-refractivity contribution is 0.164. The summed E-state index contributed by atoms with van der Waals surface area (Å²) in [5.41, 5.74) is 7.16. The van der Waals surface area contributed by atoms with Gasteiger partial charge in [0.25, 0.3) is 0 Å². The second kappa shape index (κ2) is 5.28. The van der Waals surface area contributed by atoms with E-state index in [1.54, 1.807) is 11.3 Å². The highest BCUT2D eigenvalue weighted by Gasteiger charge is 2.33. The lowest BCUT2D eigenvalue weighted by atomic mass is 10.1. The van der Waals surface area contributed by atoms with Crippen LogP contribution in [0.2, 0.25) is 0 Å². The molecule has 1 aliphatic heterocycles. The van der Waals surface area contributed by atoms with Crippen molar-refractivity contribution in [2.24, 2.45) is 5.73 Å². The predicted molar refractivity (Wildman–Crippen MR) is 75.7 cm³/mol. The summed E-state index contributed by atoms with van der Waals surface area (Å²) < 4.78 is 23.2. The van der Waals surface area contributed by atoms with Gasteiger partial charge in [-0.1, -0.05) is 0 Å². The fraction of sp³-hybridized carbons (Fsp3) is 0.667. The van der Waals surface area contributed by atoms with Crippen molar-refractivity contribution in [3.63, 3.8) is 0 Å². The summed E-state index contributed by atoms with van der Waals surface area (Å²) in [6, 6.07) is 2.28. The van der Waals surface area contributed by atoms with Gasteiger partial charge in [0, 0.05) is 24.0 Å². The number of thiophene rings is 1. The number of hydrogen-bond donors (Lipinski definition) is 1. The fourth-order valence-corrected chi connectivity index (χ4v) is 5.24. The Labute approximate surface area is 113 Å². The normalized spacial score (nSPS) is 26.1. The summed E-state index contributed by atoms with van der Waals surface area (Å²) in [6.07, 6.45) is 0. The SMILES string of the molecule is Cc1ccsc1C(CN)N1CCS(=O)(=O)CC1C. The van der Waals surface area contributed by atoms with E-state index in [0.717, 1.165) is 0 Å². The predicted octanol–water partition coefficient (Wildman–Crippen LogP) is 1.18. The van der Waals surface area contributed by atoms with Gasteiger partial charge in [-0.2, -0.15) is 0 Å². The van der Waals surface area contributed by atoms with Crippen molar-refractivity contribution in [2.45, 2.75) is 25.9 Å². The molecular weight excluding hydrogens is 268 g/mol. The molecule has 0 amide bonds. The highest BCUT2D eigenvalue weighted by molar-refractivity contribution is 7.91. The lowest BCUT2D eigenvalue weighted by Gasteiger charge is -2.38. The summed E-state index contributed by atoms with van der Waals surface area (Å²) in [5, 5.41) is 2.07. The Hall–Kier alpha value is -0.430. The molecule has 2 heterocycles. The molecule has 18 heavy (non-hydrogen) atoms. The topological polar surface area (TPSA) is 63.4 Å². The van der Waals surface area contributed by atoms with Crippen molar-refractivity contribution in [1.82, 2.24) is 4.90 Å². The second-order valence-electron chi connectivity index (χ2n) is 4.92. The molecule has 1 aromatic heterocycles. The summed E-state index contributed by atoms with van der Waals surface area (Å²) in [7, 11) is -2.86. The van der Waals surface area contributed by atoms with E-state index in [-0.39, 0.29) is 23.6 Å². The van der Waals surface area contributed by atoms with E-state index in [9.17, 15) is 8.42 Å². The van der Waals surface area contributed by atoms with Gasteiger partial charge < -0.3 is 5.73 Å². The van der Waals surface area contributed by atoms with Gasteiger partial charge in [0.15, 0.2) is 9.84 Å². The van der Waals surface area contributed by atoms with Gasteiger partial charge in [0.2, 0.25) is 0 Å². The van der Waals surface area contributed by atoms with E-state index in [4.69, 9.17) is 5.73 Å². The monoisotopic (exact) mass is 288 g/mol. The van der Waals surface area contributed by atoms with E-state index in [1.807, 2.05) is 6.92 Å². The first-order valence-electron chi connectivity index (χ1n) is 6.15. The lowest BCUT2D eigenvalue weighted by Crippen LogP contribution is -2.50. The van der Waals surface area contributed by atoms with Crippen LogP contribution in [0.3, 0.4) is 0 Å². The Bertz CT molecular complexity index is 510. The first kappa shape index (κ1) is 14.0. The summed E-state index contributed by atoms with van der Waals surface area (Å²) >= 11 is 1.71. The summed E-state index contributed by atoms with van der Waals surface area (Å²) in [6.45, 7) is 5.18. The smallest absolute Gasteiger partial charge is 0.153 e. The van der Waals surface area contributed by atoms with Crippen molar-refractivity contribution in [3.8, 4) is 0 Å². The van der Waals surface area contributed by atoms with Crippen LogP contribution in [0, 0.1) is 6.92 Å². The summed E-state index contributed by atoms with van der Waals surface area (Å²) in [4.78, 5) is 3.50. The molecule has 0 aromatic carbocycles. The van der Waals surface area contributed by atoms with E-state index < -0.39 is 9.84 Å². The van der Waals surface area contributed by atoms with Gasteiger partial charge in [-0.15, -0.1) is 11.3 Å². The van der Waals surface area contributed by atoms with Crippen molar-refractivity contribution >= 4 is 21.2 Å². The third-order valence-corrected chi connectivity index (χ3v) is 6.46. The average molecular weight is 288 g/mol. The minimum absolute atomic E-state index is 0.0406. The number of aryl methyl sites for hydroxylation is 1. The molecule has 102 valence electrons. The third kappa shape index (κ3) is 2.77. The number of hydrogen-bond acceptors (Lipinski definition) is 5. The highest BCUT2D eigenvalue weighted by atomic mass is 32.2. The van der Waals surface area contributed by atoms with Crippen molar-refractivity contribution < 1.29 is 8.42 Å². The molecular formula is C12H20N2O2S2. The zero-order valence-electron chi connectivity index (χ0n) is 10.8. The van der Waals surface area contributed by atoms with Crippen LogP contribution in [0.4, 0.5) is 0 Å². The van der Waals surface area contributed by atoms with Crippen LogP contribution >= 0.6 is 11.3 Å². The van der Waals surface area contributed by atoms with Gasteiger partial charge in [-0.25, -0.2) is 8.42 Å². The number of nitrogens with zero attached hydrogens (tertiary/aromatic N) is 1. The maximum Gasteiger partial charge on any atom is 0.153 e. The fourth-order valence-electron chi connectivity index (χ4n) is 2.59. The molecule has 0 spiro atoms. The molecule has 0 radical (unpaired) electrons. The number of rotatable bonds is 3. The molecule has 1 aliphatic rings. The van der Waals surface area contributed by atoms with E-state index in [2.05, 4.69) is 23.3 Å². The quantitative estimate of drug-likeness (QED) is 0.907. The Morgan fingerprint density at radius 3 is 2.83 bits per heavy atom. The third-order valence-electron chi connectivity index (χ3n) is 3.55. The standard InChI is InChI=1S/C12H20N2O2S2/c1-9-3-5-17-12(9)11(7-13)14-4-6-18(15,16)8-10(14)2/h3,5,10-11H,4,6-8,13H2,1-2H3. The van der Waals surface area contributed by atoms with Gasteiger partial charge in [-0.3, -0.25) is 4.90 Å². The van der Waals surface area contributed by atoms with Crippen LogP contribution in [0.25, 0.3) is 0 Å². The molecule has 6 heteroatoms. The van der Waals surface area contributed by atoms with Crippen molar-refractivity contribution in [3.05, 3.63) is 21.9 Å². The zero-order valence-corrected chi connectivity index (χ0v) is 12.4. The maximum absolute atomic E-state index is 11.6. The molecule has 4 nitrogen and oxygen atoms in total. The molecule has 2 rings (SSSR count). The molecule has 0 saturated carbocycles. The average Bonchev–Trinajstić information content (AvgIpc) is 2.68. The van der Waals surface area contributed by atoms with Gasteiger partial charge in [0.1, 0.15) is 0 Å². The minimum atomic E-state index is -2.86. The van der Waals surface area contributed by atoms with E-state index in [1.165, 1.54) is 10.4 Å². The Kier molecular flexibility index (Phi) is 4.11. The Morgan fingerprint density at radius 1 is 1.61 bits per heavy atom. The van der Waals surface area contributed by atoms with Crippen LogP contribution in [0.1, 0.15) is 23.4 Å². The zero-order chi connectivity index (χ0) is 13.3. The molecule has 2 atom stereocenters. The van der Waals surface area contributed by atoms with Crippen LogP contribution in [-0.2, 0) is 9.84 Å². The number of sulfone groups is 1. The van der Waals surface area contributed by atoms with Gasteiger partial charge in [-0.05, 0) is 30.9 Å². The molecule has 1 saturated heterocycles. The van der Waals surface area contributed by atoms with Gasteiger partial charge in [0.05, 0.1) is 17.5 Å². The van der Waals surface area contributed by atoms with E-state index >= 15 is 0 Å². The van der Waals surface area contributed by atoms with Crippen LogP contribution in [-0.4, -0.2) is 44.0 Å².